The molecule has 19 heavy (non-hydrogen) atoms. The van der Waals surface area contributed by atoms with Crippen LogP contribution < -0.4 is 4.74 Å². The van der Waals surface area contributed by atoms with E-state index < -0.39 is 0 Å². The third-order valence-electron chi connectivity index (χ3n) is 3.58. The van der Waals surface area contributed by atoms with E-state index in [1.807, 2.05) is 18.2 Å². The van der Waals surface area contributed by atoms with Crippen LogP contribution >= 0.6 is 0 Å². The Morgan fingerprint density at radius 1 is 1.05 bits per heavy atom. The first kappa shape index (κ1) is 10.6. The Balaban J connectivity index is 2.05. The third kappa shape index (κ3) is 1.60. The van der Waals surface area contributed by atoms with Gasteiger partial charge in [0.05, 0.1) is 11.2 Å². The van der Waals surface area contributed by atoms with Crippen LogP contribution in [-0.2, 0) is 6.61 Å². The van der Waals surface area contributed by atoms with Gasteiger partial charge in [-0.15, -0.1) is 0 Å². The molecule has 0 saturated heterocycles. The van der Waals surface area contributed by atoms with Gasteiger partial charge in [-0.25, -0.2) is 4.98 Å². The number of rotatable bonds is 0. The second-order valence-electron chi connectivity index (χ2n) is 4.98. The molecule has 3 aromatic rings. The number of fused-ring (bicyclic) bond motifs is 4. The lowest BCUT2D eigenvalue weighted by atomic mass is 9.99. The molecule has 2 aromatic carbocycles. The quantitative estimate of drug-likeness (QED) is 0.596. The summed E-state index contributed by atoms with van der Waals surface area (Å²) in [6, 6.07) is 16.7. The zero-order valence-corrected chi connectivity index (χ0v) is 10.7. The molecule has 1 aliphatic heterocycles. The Hall–Kier alpha value is -2.35. The molecule has 0 fully saturated rings. The number of aryl methyl sites for hydroxylation is 1. The van der Waals surface area contributed by atoms with Crippen LogP contribution in [0.5, 0.6) is 5.75 Å². The molecule has 92 valence electrons. The summed E-state index contributed by atoms with van der Waals surface area (Å²) in [6.07, 6.45) is 0. The number of aromatic nitrogens is 1. The minimum absolute atomic E-state index is 0.600. The highest BCUT2D eigenvalue weighted by molar-refractivity contribution is 5.85. The first-order valence-corrected chi connectivity index (χ1v) is 6.44. The zero-order valence-electron chi connectivity index (χ0n) is 10.7. The van der Waals surface area contributed by atoms with Crippen molar-refractivity contribution in [1.82, 2.24) is 4.98 Å². The van der Waals surface area contributed by atoms with E-state index in [4.69, 9.17) is 9.72 Å². The van der Waals surface area contributed by atoms with Crippen LogP contribution in [0.2, 0.25) is 0 Å². The molecule has 1 aliphatic rings. The van der Waals surface area contributed by atoms with Gasteiger partial charge in [0.1, 0.15) is 12.4 Å². The summed E-state index contributed by atoms with van der Waals surface area (Å²) in [5.74, 6) is 0.931. The van der Waals surface area contributed by atoms with Crippen LogP contribution in [0.1, 0.15) is 11.1 Å². The van der Waals surface area contributed by atoms with Gasteiger partial charge in [0.15, 0.2) is 0 Å². The summed E-state index contributed by atoms with van der Waals surface area (Å²) < 4.78 is 5.81. The maximum absolute atomic E-state index is 5.81. The van der Waals surface area contributed by atoms with E-state index in [0.29, 0.717) is 6.61 Å². The van der Waals surface area contributed by atoms with Crippen molar-refractivity contribution < 1.29 is 4.74 Å². The van der Waals surface area contributed by atoms with Gasteiger partial charge in [-0.05, 0) is 31.2 Å². The molecule has 2 nitrogen and oxygen atoms in total. The van der Waals surface area contributed by atoms with Gasteiger partial charge in [0.2, 0.25) is 0 Å². The molecular weight excluding hydrogens is 234 g/mol. The van der Waals surface area contributed by atoms with Crippen LogP contribution in [0.4, 0.5) is 0 Å². The van der Waals surface area contributed by atoms with E-state index in [1.165, 1.54) is 10.9 Å². The van der Waals surface area contributed by atoms with Crippen molar-refractivity contribution in [3.8, 4) is 17.0 Å². The van der Waals surface area contributed by atoms with Gasteiger partial charge in [0, 0.05) is 16.5 Å². The summed E-state index contributed by atoms with van der Waals surface area (Å²) in [5, 5.41) is 1.17. The fourth-order valence-corrected chi connectivity index (χ4v) is 2.61. The van der Waals surface area contributed by atoms with Gasteiger partial charge < -0.3 is 4.74 Å². The molecule has 2 heterocycles. The Morgan fingerprint density at radius 3 is 2.89 bits per heavy atom. The van der Waals surface area contributed by atoms with E-state index in [2.05, 4.69) is 37.3 Å². The molecule has 0 N–H and O–H groups in total. The molecule has 0 aliphatic carbocycles. The lowest BCUT2D eigenvalue weighted by molar-refractivity contribution is 0.301. The van der Waals surface area contributed by atoms with Gasteiger partial charge in [0.25, 0.3) is 0 Å². The van der Waals surface area contributed by atoms with E-state index >= 15 is 0 Å². The van der Waals surface area contributed by atoms with Crippen LogP contribution in [0.25, 0.3) is 22.2 Å². The molecule has 4 rings (SSSR count). The highest BCUT2D eigenvalue weighted by Crippen LogP contribution is 2.37. The molecular formula is C17H13NO. The van der Waals surface area contributed by atoms with Gasteiger partial charge in [-0.2, -0.15) is 0 Å². The topological polar surface area (TPSA) is 22.1 Å². The number of benzene rings is 2. The van der Waals surface area contributed by atoms with Crippen molar-refractivity contribution >= 4 is 10.9 Å². The molecule has 0 saturated carbocycles. The Morgan fingerprint density at radius 2 is 1.95 bits per heavy atom. The average molecular weight is 247 g/mol. The zero-order chi connectivity index (χ0) is 12.8. The molecule has 2 heteroatoms. The second-order valence-corrected chi connectivity index (χ2v) is 4.98. The molecule has 0 atom stereocenters. The molecule has 1 aromatic heterocycles. The van der Waals surface area contributed by atoms with Crippen molar-refractivity contribution in [1.29, 1.82) is 0 Å². The third-order valence-corrected chi connectivity index (χ3v) is 3.58. The monoisotopic (exact) mass is 247 g/mol. The van der Waals surface area contributed by atoms with Crippen LogP contribution in [0.3, 0.4) is 0 Å². The SMILES string of the molecule is Cc1ccc2c(c1)-c1nc3ccccc3cc1CO2. The Kier molecular flexibility index (Phi) is 2.12. The van der Waals surface area contributed by atoms with Gasteiger partial charge in [-0.1, -0.05) is 29.8 Å². The predicted octanol–water partition coefficient (Wildman–Crippen LogP) is 4.10. The highest BCUT2D eigenvalue weighted by atomic mass is 16.5. The first-order chi connectivity index (χ1) is 9.31. The minimum Gasteiger partial charge on any atom is -0.488 e. The normalized spacial score (nSPS) is 12.7. The maximum atomic E-state index is 5.81. The summed E-state index contributed by atoms with van der Waals surface area (Å²) in [5.41, 5.74) is 5.59. The Labute approximate surface area is 111 Å². The summed E-state index contributed by atoms with van der Waals surface area (Å²) >= 11 is 0. The van der Waals surface area contributed by atoms with E-state index in [1.54, 1.807) is 0 Å². The average Bonchev–Trinajstić information content (AvgIpc) is 2.45. The molecule has 0 radical (unpaired) electrons. The fraction of sp³-hybridized carbons (Fsp3) is 0.118. The molecule has 0 spiro atoms. The van der Waals surface area contributed by atoms with Crippen molar-refractivity contribution in [2.75, 3.05) is 0 Å². The van der Waals surface area contributed by atoms with Crippen molar-refractivity contribution in [3.63, 3.8) is 0 Å². The van der Waals surface area contributed by atoms with Gasteiger partial charge in [-0.3, -0.25) is 0 Å². The standard InChI is InChI=1S/C17H13NO/c1-11-6-7-16-14(8-11)17-13(10-19-16)9-12-4-2-3-5-15(12)18-17/h2-9H,10H2,1H3. The summed E-state index contributed by atoms with van der Waals surface area (Å²) in [7, 11) is 0. The fourth-order valence-electron chi connectivity index (χ4n) is 2.61. The largest absolute Gasteiger partial charge is 0.488 e. The van der Waals surface area contributed by atoms with Crippen molar-refractivity contribution in [2.24, 2.45) is 0 Å². The second kappa shape index (κ2) is 3.82. The maximum Gasteiger partial charge on any atom is 0.129 e. The number of ether oxygens (including phenoxy) is 1. The van der Waals surface area contributed by atoms with Crippen molar-refractivity contribution in [3.05, 3.63) is 59.7 Å². The lowest BCUT2D eigenvalue weighted by Gasteiger charge is -2.20. The van der Waals surface area contributed by atoms with E-state index in [-0.39, 0.29) is 0 Å². The molecule has 0 amide bonds. The highest BCUT2D eigenvalue weighted by Gasteiger charge is 2.19. The Bertz CT molecular complexity index is 792. The van der Waals surface area contributed by atoms with Gasteiger partial charge >= 0.3 is 0 Å². The first-order valence-electron chi connectivity index (χ1n) is 6.44. The lowest BCUT2D eigenvalue weighted by Crippen LogP contribution is -2.07. The number of nitrogens with zero attached hydrogens (tertiary/aromatic N) is 1. The smallest absolute Gasteiger partial charge is 0.129 e. The summed E-state index contributed by atoms with van der Waals surface area (Å²) in [4.78, 5) is 4.82. The molecule has 0 bridgehead atoms. The summed E-state index contributed by atoms with van der Waals surface area (Å²) in [6.45, 7) is 2.69. The van der Waals surface area contributed by atoms with Crippen LogP contribution in [-0.4, -0.2) is 4.98 Å². The predicted molar refractivity (Wildman–Crippen MR) is 76.2 cm³/mol. The number of pyridine rings is 1. The number of hydrogen-bond acceptors (Lipinski definition) is 2. The minimum atomic E-state index is 0.600. The van der Waals surface area contributed by atoms with Crippen LogP contribution in [0, 0.1) is 6.92 Å². The van der Waals surface area contributed by atoms with E-state index in [9.17, 15) is 0 Å². The van der Waals surface area contributed by atoms with E-state index in [0.717, 1.165) is 28.1 Å². The molecule has 0 unspecified atom stereocenters. The number of hydrogen-bond donors (Lipinski definition) is 0. The van der Waals surface area contributed by atoms with Crippen LogP contribution in [0.15, 0.2) is 48.5 Å². The number of para-hydroxylation sites is 1. The van der Waals surface area contributed by atoms with Crippen molar-refractivity contribution in [2.45, 2.75) is 13.5 Å².